The van der Waals surface area contributed by atoms with Gasteiger partial charge in [-0.1, -0.05) is 256 Å². The molecule has 0 heterocycles. The standard InChI is InChI=1S/C74H56/c1-48-36-39-61-60-32-14-15-34-65(60)73(69(61)42-48,56-26-10-6-11-27-56)59-31-18-24-52(45-59)53-38-41-66-64(46-53)62-33-16-20-49(2)71(62)74(66,57-28-12-7-13-29-57)58-30-17-21-50(44-58)43-55-25-19-35-67-70(55)63-40-37-54(47-68(63)72(67,3)4)51-22-8-5-9-23-51/h5-42,44-47H,43H2,1-4H3. The zero-order chi connectivity index (χ0) is 49.8. The normalized spacial score (nSPS) is 17.2. The lowest BCUT2D eigenvalue weighted by Gasteiger charge is -2.35. The summed E-state index contributed by atoms with van der Waals surface area (Å²) in [5, 5.41) is 0. The lowest BCUT2D eigenvalue weighted by molar-refractivity contribution is 0.660. The van der Waals surface area contributed by atoms with Gasteiger partial charge in [-0.25, -0.2) is 0 Å². The molecule has 11 aromatic rings. The van der Waals surface area contributed by atoms with E-state index in [0.717, 1.165) is 6.42 Å². The van der Waals surface area contributed by atoms with Crippen LogP contribution in [-0.2, 0) is 22.7 Å². The molecule has 0 amide bonds. The van der Waals surface area contributed by atoms with E-state index < -0.39 is 10.8 Å². The predicted octanol–water partition coefficient (Wildman–Crippen LogP) is 18.3. The van der Waals surface area contributed by atoms with Gasteiger partial charge in [0.1, 0.15) is 0 Å². The summed E-state index contributed by atoms with van der Waals surface area (Å²) in [6.07, 6.45) is 0.833. The predicted molar refractivity (Wildman–Crippen MR) is 308 cm³/mol. The van der Waals surface area contributed by atoms with Crippen molar-refractivity contribution in [1.29, 1.82) is 0 Å². The first-order valence-corrected chi connectivity index (χ1v) is 26.4. The Labute approximate surface area is 436 Å². The Morgan fingerprint density at radius 3 is 1.66 bits per heavy atom. The minimum Gasteiger partial charge on any atom is -0.0622 e. The molecule has 0 N–H and O–H groups in total. The first-order valence-electron chi connectivity index (χ1n) is 26.4. The quantitative estimate of drug-likeness (QED) is 0.142. The van der Waals surface area contributed by atoms with Crippen LogP contribution in [0.2, 0.25) is 0 Å². The summed E-state index contributed by atoms with van der Waals surface area (Å²) in [6.45, 7) is 9.33. The average Bonchev–Trinajstić information content (AvgIpc) is 4.02. The fourth-order valence-corrected chi connectivity index (χ4v) is 14.0. The zero-order valence-corrected chi connectivity index (χ0v) is 42.5. The highest BCUT2D eigenvalue weighted by Gasteiger charge is 2.49. The summed E-state index contributed by atoms with van der Waals surface area (Å²) in [7, 11) is 0. The van der Waals surface area contributed by atoms with E-state index in [1.54, 1.807) is 0 Å². The van der Waals surface area contributed by atoms with Gasteiger partial charge in [-0.05, 0) is 166 Å². The van der Waals surface area contributed by atoms with Crippen molar-refractivity contribution in [1.82, 2.24) is 0 Å². The van der Waals surface area contributed by atoms with Crippen LogP contribution in [0.4, 0.5) is 0 Å². The number of hydrogen-bond acceptors (Lipinski definition) is 0. The van der Waals surface area contributed by atoms with Crippen LogP contribution in [-0.4, -0.2) is 0 Å². The molecule has 352 valence electrons. The van der Waals surface area contributed by atoms with Crippen LogP contribution in [0.1, 0.15) is 91.7 Å². The van der Waals surface area contributed by atoms with Crippen molar-refractivity contribution in [2.75, 3.05) is 0 Å². The van der Waals surface area contributed by atoms with Gasteiger partial charge >= 0.3 is 0 Å². The smallest absolute Gasteiger partial charge is 0.0622 e. The number of aryl methyl sites for hydroxylation is 2. The van der Waals surface area contributed by atoms with E-state index in [9.17, 15) is 0 Å². The second kappa shape index (κ2) is 16.7. The van der Waals surface area contributed by atoms with Crippen LogP contribution in [0.5, 0.6) is 0 Å². The van der Waals surface area contributed by atoms with Crippen molar-refractivity contribution in [2.45, 2.75) is 50.4 Å². The second-order valence-electron chi connectivity index (χ2n) is 21.6. The molecule has 0 bridgehead atoms. The van der Waals surface area contributed by atoms with Gasteiger partial charge in [0.15, 0.2) is 0 Å². The Morgan fingerprint density at radius 2 is 0.865 bits per heavy atom. The van der Waals surface area contributed by atoms with Crippen molar-refractivity contribution >= 4 is 0 Å². The van der Waals surface area contributed by atoms with Crippen molar-refractivity contribution < 1.29 is 0 Å². The summed E-state index contributed by atoms with van der Waals surface area (Å²) in [5.74, 6) is 0. The second-order valence-corrected chi connectivity index (χ2v) is 21.6. The van der Waals surface area contributed by atoms with E-state index in [2.05, 4.69) is 282 Å². The number of rotatable bonds is 8. The Morgan fingerprint density at radius 1 is 0.311 bits per heavy atom. The fraction of sp³-hybridized carbons (Fsp3) is 0.108. The molecule has 0 saturated carbocycles. The number of hydrogen-bond donors (Lipinski definition) is 0. The van der Waals surface area contributed by atoms with Gasteiger partial charge in [-0.2, -0.15) is 0 Å². The lowest BCUT2D eigenvalue weighted by Crippen LogP contribution is -2.29. The summed E-state index contributed by atoms with van der Waals surface area (Å²) < 4.78 is 0. The summed E-state index contributed by atoms with van der Waals surface area (Å²) in [4.78, 5) is 0. The molecule has 0 fully saturated rings. The van der Waals surface area contributed by atoms with Crippen molar-refractivity contribution in [3.05, 3.63) is 333 Å². The molecular weight excluding hydrogens is 889 g/mol. The van der Waals surface area contributed by atoms with Gasteiger partial charge in [0, 0.05) is 5.41 Å². The van der Waals surface area contributed by atoms with E-state index in [1.165, 1.54) is 134 Å². The molecule has 2 atom stereocenters. The number of fused-ring (bicyclic) bond motifs is 9. The molecule has 14 rings (SSSR count). The van der Waals surface area contributed by atoms with E-state index in [0.29, 0.717) is 0 Å². The summed E-state index contributed by atoms with van der Waals surface area (Å²) in [5.41, 5.74) is 30.4. The molecule has 0 aliphatic heterocycles. The van der Waals surface area contributed by atoms with Crippen LogP contribution in [0.25, 0.3) is 55.6 Å². The molecule has 0 heteroatoms. The largest absolute Gasteiger partial charge is 0.0716 e. The highest BCUT2D eigenvalue weighted by atomic mass is 14.5. The molecule has 74 heavy (non-hydrogen) atoms. The fourth-order valence-electron chi connectivity index (χ4n) is 14.0. The SMILES string of the molecule is Cc1ccc2c(c1)C(c1ccccc1)(c1cccc(-c3ccc4c(c3)-c3cccc(C)c3C4(c3ccccc3)c3cccc(Cc4cccc5c4-c4ccc(-c6ccccc6)cc4C5(C)C)c3)c1)c1ccccc1-2. The maximum Gasteiger partial charge on any atom is 0.0716 e. The maximum atomic E-state index is 2.52. The minimum atomic E-state index is -0.540. The highest BCUT2D eigenvalue weighted by Crippen LogP contribution is 2.60. The van der Waals surface area contributed by atoms with E-state index >= 15 is 0 Å². The zero-order valence-electron chi connectivity index (χ0n) is 42.5. The molecule has 0 aromatic heterocycles. The van der Waals surface area contributed by atoms with Crippen molar-refractivity contribution in [2.24, 2.45) is 0 Å². The van der Waals surface area contributed by atoms with Crippen molar-refractivity contribution in [3.63, 3.8) is 0 Å². The third-order valence-corrected chi connectivity index (χ3v) is 17.3. The maximum absolute atomic E-state index is 2.52. The molecular formula is C74H56. The molecule has 11 aromatic carbocycles. The lowest BCUT2D eigenvalue weighted by atomic mass is 9.66. The first-order chi connectivity index (χ1) is 36.3. The molecule has 0 nitrogen and oxygen atoms in total. The van der Waals surface area contributed by atoms with Gasteiger partial charge in [0.2, 0.25) is 0 Å². The first kappa shape index (κ1) is 44.1. The molecule has 3 aliphatic carbocycles. The van der Waals surface area contributed by atoms with Gasteiger partial charge in [0.25, 0.3) is 0 Å². The molecule has 0 spiro atoms. The third-order valence-electron chi connectivity index (χ3n) is 17.3. The van der Waals surface area contributed by atoms with Gasteiger partial charge in [-0.15, -0.1) is 0 Å². The highest BCUT2D eigenvalue weighted by molar-refractivity contribution is 5.92. The van der Waals surface area contributed by atoms with E-state index in [4.69, 9.17) is 0 Å². The summed E-state index contributed by atoms with van der Waals surface area (Å²) >= 11 is 0. The van der Waals surface area contributed by atoms with E-state index in [-0.39, 0.29) is 5.41 Å². The topological polar surface area (TPSA) is 0 Å². The third kappa shape index (κ3) is 6.34. The van der Waals surface area contributed by atoms with Crippen LogP contribution in [0, 0.1) is 13.8 Å². The molecule has 3 aliphatic rings. The Balaban J connectivity index is 0.913. The van der Waals surface area contributed by atoms with Crippen molar-refractivity contribution in [3.8, 4) is 55.6 Å². The van der Waals surface area contributed by atoms with Gasteiger partial charge < -0.3 is 0 Å². The molecule has 0 radical (unpaired) electrons. The van der Waals surface area contributed by atoms with E-state index in [1.807, 2.05) is 0 Å². The van der Waals surface area contributed by atoms with Crippen LogP contribution in [0.3, 0.4) is 0 Å². The Kier molecular flexibility index (Phi) is 9.99. The average molecular weight is 945 g/mol. The Hall–Kier alpha value is -8.58. The van der Waals surface area contributed by atoms with Gasteiger partial charge in [-0.3, -0.25) is 0 Å². The minimum absolute atomic E-state index is 0.116. The van der Waals surface area contributed by atoms with Gasteiger partial charge in [0.05, 0.1) is 10.8 Å². The van der Waals surface area contributed by atoms with Crippen LogP contribution in [0.15, 0.2) is 255 Å². The number of benzene rings is 11. The van der Waals surface area contributed by atoms with Crippen LogP contribution < -0.4 is 0 Å². The molecule has 2 unspecified atom stereocenters. The Bertz CT molecular complexity index is 4020. The monoisotopic (exact) mass is 944 g/mol. The van der Waals surface area contributed by atoms with Crippen LogP contribution >= 0.6 is 0 Å². The molecule has 0 saturated heterocycles. The summed E-state index contributed by atoms with van der Waals surface area (Å²) in [6, 6.07) is 96.7.